The molecular formula is C18H18N2O2. The average molecular weight is 294 g/mol. The smallest absolute Gasteiger partial charge is 0.294 e. The van der Waals surface area contributed by atoms with E-state index in [4.69, 9.17) is 4.84 Å². The molecule has 1 heterocycles. The third kappa shape index (κ3) is 2.72. The van der Waals surface area contributed by atoms with Crippen molar-refractivity contribution in [1.29, 1.82) is 0 Å². The fourth-order valence-corrected chi connectivity index (χ4v) is 2.31. The summed E-state index contributed by atoms with van der Waals surface area (Å²) >= 11 is 0. The van der Waals surface area contributed by atoms with Gasteiger partial charge in [0.25, 0.3) is 5.56 Å². The quantitative estimate of drug-likeness (QED) is 0.678. The van der Waals surface area contributed by atoms with Gasteiger partial charge in [-0.25, -0.2) is 4.98 Å². The molecular weight excluding hydrogens is 276 g/mol. The molecule has 0 fully saturated rings. The van der Waals surface area contributed by atoms with Crippen LogP contribution in [0.15, 0.2) is 59.4 Å². The van der Waals surface area contributed by atoms with Gasteiger partial charge in [-0.2, -0.15) is 0 Å². The van der Waals surface area contributed by atoms with Crippen LogP contribution in [0.4, 0.5) is 0 Å². The Bertz CT molecular complexity index is 825. The van der Waals surface area contributed by atoms with E-state index >= 15 is 0 Å². The number of rotatable bonds is 5. The predicted molar refractivity (Wildman–Crippen MR) is 87.8 cm³/mol. The lowest BCUT2D eigenvalue weighted by Gasteiger charge is -2.14. The first kappa shape index (κ1) is 14.3. The van der Waals surface area contributed by atoms with E-state index in [0.717, 1.165) is 18.4 Å². The molecule has 112 valence electrons. The van der Waals surface area contributed by atoms with E-state index in [2.05, 4.69) is 11.9 Å². The molecule has 4 heteroatoms. The van der Waals surface area contributed by atoms with Gasteiger partial charge in [-0.15, -0.1) is 4.73 Å². The van der Waals surface area contributed by atoms with Gasteiger partial charge in [-0.3, -0.25) is 4.79 Å². The molecule has 0 amide bonds. The summed E-state index contributed by atoms with van der Waals surface area (Å²) < 4.78 is 1.33. The second kappa shape index (κ2) is 6.43. The van der Waals surface area contributed by atoms with Crippen LogP contribution in [0.25, 0.3) is 22.3 Å². The summed E-state index contributed by atoms with van der Waals surface area (Å²) in [5, 5.41) is 0.568. The van der Waals surface area contributed by atoms with Crippen molar-refractivity contribution in [2.24, 2.45) is 0 Å². The van der Waals surface area contributed by atoms with Gasteiger partial charge in [0, 0.05) is 5.56 Å². The summed E-state index contributed by atoms with van der Waals surface area (Å²) in [5.41, 5.74) is 1.38. The highest BCUT2D eigenvalue weighted by Crippen LogP contribution is 2.17. The van der Waals surface area contributed by atoms with Crippen molar-refractivity contribution in [3.8, 4) is 11.4 Å². The zero-order valence-corrected chi connectivity index (χ0v) is 12.5. The van der Waals surface area contributed by atoms with E-state index in [1.165, 1.54) is 4.73 Å². The maximum Gasteiger partial charge on any atom is 0.294 e. The Labute approximate surface area is 129 Å². The van der Waals surface area contributed by atoms with Crippen LogP contribution < -0.4 is 10.4 Å². The fraction of sp³-hybridized carbons (Fsp3) is 0.222. The number of nitrogens with zero attached hydrogens (tertiary/aromatic N) is 2. The molecule has 0 radical (unpaired) electrons. The lowest BCUT2D eigenvalue weighted by atomic mass is 10.2. The van der Waals surface area contributed by atoms with E-state index in [0.29, 0.717) is 23.3 Å². The van der Waals surface area contributed by atoms with Crippen LogP contribution in [0, 0.1) is 0 Å². The number of para-hydroxylation sites is 1. The molecule has 2 aromatic carbocycles. The highest BCUT2D eigenvalue weighted by Gasteiger charge is 2.13. The SMILES string of the molecule is CCCCOn1c(-c2ccccc2)nc2ccccc2c1=O. The molecule has 22 heavy (non-hydrogen) atoms. The zero-order chi connectivity index (χ0) is 15.4. The highest BCUT2D eigenvalue weighted by atomic mass is 16.7. The van der Waals surface area contributed by atoms with Crippen molar-refractivity contribution >= 4 is 10.9 Å². The Morgan fingerprint density at radius 1 is 1.05 bits per heavy atom. The Morgan fingerprint density at radius 2 is 1.77 bits per heavy atom. The number of hydrogen-bond donors (Lipinski definition) is 0. The summed E-state index contributed by atoms with van der Waals surface area (Å²) in [4.78, 5) is 23.1. The number of fused-ring (bicyclic) bond motifs is 1. The van der Waals surface area contributed by atoms with Crippen LogP contribution in [0.3, 0.4) is 0 Å². The molecule has 3 rings (SSSR count). The Kier molecular flexibility index (Phi) is 4.19. The van der Waals surface area contributed by atoms with Crippen LogP contribution in [0.2, 0.25) is 0 Å². The monoisotopic (exact) mass is 294 g/mol. The third-order valence-electron chi connectivity index (χ3n) is 3.49. The maximum atomic E-state index is 12.7. The van der Waals surface area contributed by atoms with Crippen LogP contribution in [0.1, 0.15) is 19.8 Å². The Balaban J connectivity index is 2.19. The lowest BCUT2D eigenvalue weighted by Crippen LogP contribution is -2.30. The van der Waals surface area contributed by atoms with Crippen LogP contribution >= 0.6 is 0 Å². The molecule has 4 nitrogen and oxygen atoms in total. The first-order chi connectivity index (χ1) is 10.8. The number of hydrogen-bond acceptors (Lipinski definition) is 3. The molecule has 0 bridgehead atoms. The van der Waals surface area contributed by atoms with Crippen molar-refractivity contribution in [3.05, 3.63) is 65.0 Å². The number of aromatic nitrogens is 2. The standard InChI is InChI=1S/C18H18N2O2/c1-2-3-13-22-20-17(14-9-5-4-6-10-14)19-16-12-8-7-11-15(16)18(20)21/h4-12H,2-3,13H2,1H3. The van der Waals surface area contributed by atoms with Gasteiger partial charge in [0.1, 0.15) is 6.61 Å². The van der Waals surface area contributed by atoms with Crippen molar-refractivity contribution in [2.45, 2.75) is 19.8 Å². The van der Waals surface area contributed by atoms with Crippen LogP contribution in [-0.2, 0) is 0 Å². The second-order valence-corrected chi connectivity index (χ2v) is 5.10. The summed E-state index contributed by atoms with van der Waals surface area (Å²) in [5.74, 6) is 0.542. The highest BCUT2D eigenvalue weighted by molar-refractivity contribution is 5.79. The molecule has 0 aliphatic rings. The van der Waals surface area contributed by atoms with Crippen molar-refractivity contribution in [1.82, 2.24) is 9.71 Å². The number of benzene rings is 2. The molecule has 0 saturated carbocycles. The van der Waals surface area contributed by atoms with E-state index in [1.807, 2.05) is 48.5 Å². The van der Waals surface area contributed by atoms with Gasteiger partial charge in [0.2, 0.25) is 0 Å². The van der Waals surface area contributed by atoms with Crippen LogP contribution in [-0.4, -0.2) is 16.3 Å². The minimum atomic E-state index is -0.166. The van der Waals surface area contributed by atoms with Crippen molar-refractivity contribution in [2.75, 3.05) is 6.61 Å². The van der Waals surface area contributed by atoms with E-state index in [-0.39, 0.29) is 5.56 Å². The Morgan fingerprint density at radius 3 is 2.55 bits per heavy atom. The molecule has 3 aromatic rings. The van der Waals surface area contributed by atoms with Gasteiger partial charge in [-0.05, 0) is 18.6 Å². The van der Waals surface area contributed by atoms with Gasteiger partial charge < -0.3 is 4.84 Å². The fourth-order valence-electron chi connectivity index (χ4n) is 2.31. The maximum absolute atomic E-state index is 12.7. The minimum Gasteiger partial charge on any atom is -0.409 e. The minimum absolute atomic E-state index is 0.166. The van der Waals surface area contributed by atoms with Crippen molar-refractivity contribution in [3.63, 3.8) is 0 Å². The average Bonchev–Trinajstić information content (AvgIpc) is 2.57. The molecule has 0 atom stereocenters. The largest absolute Gasteiger partial charge is 0.409 e. The molecule has 0 N–H and O–H groups in total. The molecule has 0 unspecified atom stereocenters. The molecule has 0 saturated heterocycles. The van der Waals surface area contributed by atoms with E-state index in [1.54, 1.807) is 6.07 Å². The second-order valence-electron chi connectivity index (χ2n) is 5.10. The third-order valence-corrected chi connectivity index (χ3v) is 3.49. The first-order valence-corrected chi connectivity index (χ1v) is 7.51. The summed E-state index contributed by atoms with van der Waals surface area (Å²) in [6.45, 7) is 2.58. The van der Waals surface area contributed by atoms with Gasteiger partial charge in [-0.1, -0.05) is 55.8 Å². The van der Waals surface area contributed by atoms with Crippen molar-refractivity contribution < 1.29 is 4.84 Å². The van der Waals surface area contributed by atoms with Gasteiger partial charge in [0.15, 0.2) is 5.82 Å². The number of unbranched alkanes of at least 4 members (excludes halogenated alkanes) is 1. The summed E-state index contributed by atoms with van der Waals surface area (Å²) in [6, 6.07) is 17.0. The van der Waals surface area contributed by atoms with Gasteiger partial charge >= 0.3 is 0 Å². The molecule has 0 aliphatic carbocycles. The summed E-state index contributed by atoms with van der Waals surface area (Å²) in [6.07, 6.45) is 1.91. The first-order valence-electron chi connectivity index (χ1n) is 7.51. The zero-order valence-electron chi connectivity index (χ0n) is 12.5. The lowest BCUT2D eigenvalue weighted by molar-refractivity contribution is 0.102. The molecule has 0 aliphatic heterocycles. The molecule has 0 spiro atoms. The van der Waals surface area contributed by atoms with Gasteiger partial charge in [0.05, 0.1) is 10.9 Å². The van der Waals surface area contributed by atoms with E-state index in [9.17, 15) is 4.79 Å². The normalized spacial score (nSPS) is 10.8. The predicted octanol–water partition coefficient (Wildman–Crippen LogP) is 3.29. The topological polar surface area (TPSA) is 44.1 Å². The summed E-state index contributed by atoms with van der Waals surface area (Å²) in [7, 11) is 0. The Hall–Kier alpha value is -2.62. The molecule has 1 aromatic heterocycles. The van der Waals surface area contributed by atoms with Crippen LogP contribution in [0.5, 0.6) is 0 Å². The van der Waals surface area contributed by atoms with E-state index < -0.39 is 0 Å².